The Bertz CT molecular complexity index is 401. The highest BCUT2D eigenvalue weighted by Gasteiger charge is 2.44. The van der Waals surface area contributed by atoms with E-state index in [1.807, 2.05) is 0 Å². The van der Waals surface area contributed by atoms with Crippen molar-refractivity contribution in [2.24, 2.45) is 0 Å². The molecule has 1 aromatic carbocycles. The van der Waals surface area contributed by atoms with Crippen molar-refractivity contribution in [3.05, 3.63) is 22.4 Å². The second-order valence-electron chi connectivity index (χ2n) is 4.07. The van der Waals surface area contributed by atoms with Crippen molar-refractivity contribution < 1.29 is 4.39 Å². The van der Waals surface area contributed by atoms with Gasteiger partial charge in [-0.2, -0.15) is 0 Å². The number of anilines is 2. The molecule has 0 aromatic heterocycles. The molecule has 74 valence electrons. The second-order valence-corrected chi connectivity index (χ2v) is 4.93. The van der Waals surface area contributed by atoms with Gasteiger partial charge in [0, 0.05) is 12.6 Å². The fourth-order valence-electron chi connectivity index (χ4n) is 1.84. The lowest BCUT2D eigenvalue weighted by molar-refractivity contribution is 0.620. The molecule has 0 saturated heterocycles. The smallest absolute Gasteiger partial charge is 0.139 e. The van der Waals surface area contributed by atoms with E-state index in [4.69, 9.17) is 0 Å². The summed E-state index contributed by atoms with van der Waals surface area (Å²) in [6, 6.07) is 3.33. The molecule has 0 radical (unpaired) electrons. The van der Waals surface area contributed by atoms with Crippen LogP contribution in [0.5, 0.6) is 0 Å². The molecule has 1 aromatic rings. The second kappa shape index (κ2) is 2.63. The average Bonchev–Trinajstić information content (AvgIpc) is 2.89. The first-order chi connectivity index (χ1) is 6.69. The first kappa shape index (κ1) is 8.53. The Hall–Kier alpha value is -0.770. The Labute approximate surface area is 90.0 Å². The van der Waals surface area contributed by atoms with Crippen LogP contribution in [-0.4, -0.2) is 12.1 Å². The van der Waals surface area contributed by atoms with Crippen molar-refractivity contribution in [2.75, 3.05) is 17.2 Å². The lowest BCUT2D eigenvalue weighted by Crippen LogP contribution is -2.34. The summed E-state index contributed by atoms with van der Waals surface area (Å²) in [4.78, 5) is 0. The fraction of sp³-hybridized carbons (Fsp3) is 0.400. The monoisotopic (exact) mass is 256 g/mol. The van der Waals surface area contributed by atoms with Gasteiger partial charge in [-0.05, 0) is 34.8 Å². The van der Waals surface area contributed by atoms with Gasteiger partial charge in [0.2, 0.25) is 0 Å². The number of benzene rings is 1. The molecule has 0 amide bonds. The Morgan fingerprint density at radius 3 is 2.79 bits per heavy atom. The van der Waals surface area contributed by atoms with Crippen LogP contribution < -0.4 is 10.6 Å². The number of hydrogen-bond donors (Lipinski definition) is 2. The van der Waals surface area contributed by atoms with E-state index in [2.05, 4.69) is 26.6 Å². The fourth-order valence-corrected chi connectivity index (χ4v) is 2.19. The highest BCUT2D eigenvalue weighted by atomic mass is 79.9. The number of halogens is 2. The van der Waals surface area contributed by atoms with E-state index in [0.29, 0.717) is 4.47 Å². The van der Waals surface area contributed by atoms with Gasteiger partial charge in [-0.1, -0.05) is 0 Å². The maximum absolute atomic E-state index is 13.2. The molecule has 3 rings (SSSR count). The minimum Gasteiger partial charge on any atom is -0.381 e. The molecule has 1 spiro atoms. The van der Waals surface area contributed by atoms with Crippen LogP contribution >= 0.6 is 15.9 Å². The van der Waals surface area contributed by atoms with E-state index in [1.54, 1.807) is 6.07 Å². The number of fused-ring (bicyclic) bond motifs is 1. The highest BCUT2D eigenvalue weighted by molar-refractivity contribution is 9.10. The van der Waals surface area contributed by atoms with Crippen LogP contribution in [0, 0.1) is 5.82 Å². The van der Waals surface area contributed by atoms with E-state index in [-0.39, 0.29) is 11.4 Å². The van der Waals surface area contributed by atoms with E-state index < -0.39 is 0 Å². The molecule has 0 atom stereocenters. The van der Waals surface area contributed by atoms with Crippen molar-refractivity contribution in [3.8, 4) is 0 Å². The van der Waals surface area contributed by atoms with Crippen molar-refractivity contribution in [1.82, 2.24) is 0 Å². The minimum absolute atomic E-state index is 0.218. The van der Waals surface area contributed by atoms with E-state index in [0.717, 1.165) is 17.9 Å². The molecule has 1 heterocycles. The SMILES string of the molecule is Fc1cc2c(cc1Br)NC1(CC1)CN2. The van der Waals surface area contributed by atoms with Gasteiger partial charge < -0.3 is 10.6 Å². The zero-order valence-corrected chi connectivity index (χ0v) is 9.12. The summed E-state index contributed by atoms with van der Waals surface area (Å²) in [5.74, 6) is -0.218. The predicted octanol–water partition coefficient (Wildman–Crippen LogP) is 2.96. The molecular weight excluding hydrogens is 247 g/mol. The first-order valence-corrected chi connectivity index (χ1v) is 5.49. The van der Waals surface area contributed by atoms with E-state index in [1.165, 1.54) is 18.9 Å². The van der Waals surface area contributed by atoms with E-state index >= 15 is 0 Å². The Morgan fingerprint density at radius 2 is 2.07 bits per heavy atom. The Balaban J connectivity index is 2.04. The van der Waals surface area contributed by atoms with Gasteiger partial charge in [0.1, 0.15) is 5.82 Å². The predicted molar refractivity (Wildman–Crippen MR) is 58.2 cm³/mol. The number of hydrogen-bond acceptors (Lipinski definition) is 2. The van der Waals surface area contributed by atoms with Gasteiger partial charge in [0.15, 0.2) is 0 Å². The van der Waals surface area contributed by atoms with E-state index in [9.17, 15) is 4.39 Å². The van der Waals surface area contributed by atoms with Crippen LogP contribution in [0.25, 0.3) is 0 Å². The van der Waals surface area contributed by atoms with Crippen LogP contribution in [0.4, 0.5) is 15.8 Å². The highest BCUT2D eigenvalue weighted by Crippen LogP contribution is 2.45. The van der Waals surface area contributed by atoms with Crippen molar-refractivity contribution in [1.29, 1.82) is 0 Å². The Kier molecular flexibility index (Phi) is 1.60. The van der Waals surface area contributed by atoms with Crippen LogP contribution in [0.1, 0.15) is 12.8 Å². The van der Waals surface area contributed by atoms with Crippen LogP contribution in [-0.2, 0) is 0 Å². The van der Waals surface area contributed by atoms with Crippen LogP contribution in [0.3, 0.4) is 0 Å². The van der Waals surface area contributed by atoms with Crippen molar-refractivity contribution in [2.45, 2.75) is 18.4 Å². The molecule has 1 aliphatic carbocycles. The molecule has 2 aliphatic rings. The lowest BCUT2D eigenvalue weighted by Gasteiger charge is -2.28. The van der Waals surface area contributed by atoms with Gasteiger partial charge >= 0.3 is 0 Å². The lowest BCUT2D eigenvalue weighted by atomic mass is 10.1. The molecule has 2 N–H and O–H groups in total. The summed E-state index contributed by atoms with van der Waals surface area (Å²) >= 11 is 3.19. The summed E-state index contributed by atoms with van der Waals surface area (Å²) in [5, 5.41) is 6.72. The van der Waals surface area contributed by atoms with Crippen molar-refractivity contribution >= 4 is 27.3 Å². The first-order valence-electron chi connectivity index (χ1n) is 4.70. The third-order valence-electron chi connectivity index (χ3n) is 2.93. The third-order valence-corrected chi connectivity index (χ3v) is 3.54. The summed E-state index contributed by atoms with van der Waals surface area (Å²) in [6.07, 6.45) is 2.41. The molecule has 1 saturated carbocycles. The van der Waals surface area contributed by atoms with Gasteiger partial charge in [-0.15, -0.1) is 0 Å². The quantitative estimate of drug-likeness (QED) is 0.746. The minimum atomic E-state index is -0.218. The maximum Gasteiger partial charge on any atom is 0.139 e. The Morgan fingerprint density at radius 1 is 1.29 bits per heavy atom. The number of rotatable bonds is 0. The molecular formula is C10H10BrFN2. The van der Waals surface area contributed by atoms with Gasteiger partial charge in [0.05, 0.1) is 21.4 Å². The standard InChI is InChI=1S/C10H10BrFN2/c11-6-3-9-8(4-7(6)12)13-5-10(14-9)1-2-10/h3-4,13-14H,1-2,5H2. The normalized spacial score (nSPS) is 21.0. The maximum atomic E-state index is 13.2. The summed E-state index contributed by atoms with van der Waals surface area (Å²) < 4.78 is 13.7. The summed E-state index contributed by atoms with van der Waals surface area (Å²) in [5.41, 5.74) is 2.12. The van der Waals surface area contributed by atoms with Crippen LogP contribution in [0.15, 0.2) is 16.6 Å². The molecule has 14 heavy (non-hydrogen) atoms. The molecule has 4 heteroatoms. The molecule has 1 aliphatic heterocycles. The topological polar surface area (TPSA) is 24.1 Å². The average molecular weight is 257 g/mol. The molecule has 0 unspecified atom stereocenters. The summed E-state index contributed by atoms with van der Waals surface area (Å²) in [6.45, 7) is 0.904. The molecule has 0 bridgehead atoms. The summed E-state index contributed by atoms with van der Waals surface area (Å²) in [7, 11) is 0. The zero-order chi connectivity index (χ0) is 9.76. The van der Waals surface area contributed by atoms with Crippen LogP contribution in [0.2, 0.25) is 0 Å². The largest absolute Gasteiger partial charge is 0.381 e. The molecule has 1 fully saturated rings. The molecule has 2 nitrogen and oxygen atoms in total. The van der Waals surface area contributed by atoms with Gasteiger partial charge in [-0.25, -0.2) is 4.39 Å². The van der Waals surface area contributed by atoms with Gasteiger partial charge in [-0.3, -0.25) is 0 Å². The third kappa shape index (κ3) is 1.21. The van der Waals surface area contributed by atoms with Gasteiger partial charge in [0.25, 0.3) is 0 Å². The number of nitrogens with one attached hydrogen (secondary N) is 2. The zero-order valence-electron chi connectivity index (χ0n) is 7.53. The van der Waals surface area contributed by atoms with Crippen molar-refractivity contribution in [3.63, 3.8) is 0 Å².